The van der Waals surface area contributed by atoms with Crippen molar-refractivity contribution in [3.05, 3.63) is 23.8 Å². The number of anilines is 1. The first-order valence-electron chi connectivity index (χ1n) is 3.18. The smallest absolute Gasteiger partial charge is 0.157 e. The van der Waals surface area contributed by atoms with Crippen LogP contribution in [0.15, 0.2) is 18.2 Å². The van der Waals surface area contributed by atoms with Gasteiger partial charge in [-0.15, -0.1) is 6.42 Å². The Balaban J connectivity index is 3.27. The van der Waals surface area contributed by atoms with Crippen LogP contribution in [-0.4, -0.2) is 7.11 Å². The van der Waals surface area contributed by atoms with Crippen molar-refractivity contribution in [2.24, 2.45) is 0 Å². The van der Waals surface area contributed by atoms with Crippen molar-refractivity contribution in [1.82, 2.24) is 0 Å². The van der Waals surface area contributed by atoms with Crippen LogP contribution < -0.4 is 10.5 Å². The fourth-order valence-electron chi connectivity index (χ4n) is 0.896. The van der Waals surface area contributed by atoms with E-state index in [1.54, 1.807) is 25.3 Å². The van der Waals surface area contributed by atoms with Gasteiger partial charge in [-0.05, 0) is 12.1 Å². The highest BCUT2D eigenvalue weighted by Gasteiger charge is 2.01. The lowest BCUT2D eigenvalue weighted by atomic mass is 10.2. The van der Waals surface area contributed by atoms with Gasteiger partial charge in [-0.3, -0.25) is 0 Å². The minimum atomic E-state index is 0.572. The minimum Gasteiger partial charge on any atom is -0.493 e. The minimum absolute atomic E-state index is 0.572. The Bertz CT molecular complexity index is 299. The molecule has 56 valence electrons. The molecule has 0 amide bonds. The number of nitrogens with two attached hydrogens (primary N) is 1. The first-order valence-corrected chi connectivity index (χ1v) is 3.18. The van der Waals surface area contributed by atoms with Gasteiger partial charge in [0.15, 0.2) is 5.75 Å². The largest absolute Gasteiger partial charge is 0.493 e. The average Bonchev–Trinajstić information content (AvgIpc) is 2.04. The molecule has 0 aliphatic rings. The second kappa shape index (κ2) is 2.98. The number of hydrogen-bond donors (Lipinski definition) is 1. The van der Waals surface area contributed by atoms with Crippen LogP contribution in [0.1, 0.15) is 5.56 Å². The van der Waals surface area contributed by atoms with E-state index in [0.29, 0.717) is 17.0 Å². The lowest BCUT2D eigenvalue weighted by Gasteiger charge is -2.05. The highest BCUT2D eigenvalue weighted by atomic mass is 16.5. The Hall–Kier alpha value is -1.62. The van der Waals surface area contributed by atoms with E-state index in [-0.39, 0.29) is 0 Å². The average molecular weight is 147 g/mol. The summed E-state index contributed by atoms with van der Waals surface area (Å²) in [5.41, 5.74) is 6.85. The number of ether oxygens (including phenoxy) is 1. The fourth-order valence-corrected chi connectivity index (χ4v) is 0.896. The summed E-state index contributed by atoms with van der Waals surface area (Å²) in [6, 6.07) is 5.34. The molecule has 0 saturated carbocycles. The lowest BCUT2D eigenvalue weighted by Crippen LogP contribution is -1.94. The predicted octanol–water partition coefficient (Wildman–Crippen LogP) is 1.26. The van der Waals surface area contributed by atoms with Crippen molar-refractivity contribution >= 4 is 5.69 Å². The predicted molar refractivity (Wildman–Crippen MR) is 45.3 cm³/mol. The Morgan fingerprint density at radius 2 is 2.27 bits per heavy atom. The lowest BCUT2D eigenvalue weighted by molar-refractivity contribution is 0.416. The summed E-state index contributed by atoms with van der Waals surface area (Å²) >= 11 is 0. The third-order valence-corrected chi connectivity index (χ3v) is 1.41. The van der Waals surface area contributed by atoms with Crippen LogP contribution in [0.2, 0.25) is 0 Å². The number of benzene rings is 1. The van der Waals surface area contributed by atoms with Crippen molar-refractivity contribution < 1.29 is 4.74 Å². The normalized spacial score (nSPS) is 8.73. The summed E-state index contributed by atoms with van der Waals surface area (Å²) in [6.07, 6.45) is 5.21. The van der Waals surface area contributed by atoms with Crippen LogP contribution in [0, 0.1) is 12.3 Å². The molecule has 0 fully saturated rings. The first-order chi connectivity index (χ1) is 5.29. The summed E-state index contributed by atoms with van der Waals surface area (Å²) in [5, 5.41) is 0. The Morgan fingerprint density at radius 3 is 2.73 bits per heavy atom. The van der Waals surface area contributed by atoms with Gasteiger partial charge in [0.1, 0.15) is 0 Å². The van der Waals surface area contributed by atoms with Crippen LogP contribution in [0.4, 0.5) is 5.69 Å². The number of hydrogen-bond acceptors (Lipinski definition) is 2. The van der Waals surface area contributed by atoms with Gasteiger partial charge in [0.2, 0.25) is 0 Å². The van der Waals surface area contributed by atoms with Crippen LogP contribution in [-0.2, 0) is 0 Å². The summed E-state index contributed by atoms with van der Waals surface area (Å²) in [6.45, 7) is 0. The molecule has 0 spiro atoms. The Labute approximate surface area is 66.0 Å². The first kappa shape index (κ1) is 7.49. The zero-order chi connectivity index (χ0) is 8.27. The monoisotopic (exact) mass is 147 g/mol. The highest BCUT2D eigenvalue weighted by molar-refractivity contribution is 5.61. The van der Waals surface area contributed by atoms with Gasteiger partial charge < -0.3 is 10.5 Å². The maximum atomic E-state index is 5.59. The molecule has 1 aromatic carbocycles. The molecular formula is C9H9NO. The van der Waals surface area contributed by atoms with E-state index in [2.05, 4.69) is 5.92 Å². The molecule has 0 aliphatic heterocycles. The standard InChI is InChI=1S/C9H9NO/c1-3-7-5-4-6-8(10)9(7)11-2/h1,4-6H,10H2,2H3. The quantitative estimate of drug-likeness (QED) is 0.479. The summed E-state index contributed by atoms with van der Waals surface area (Å²) in [7, 11) is 1.55. The molecule has 0 saturated heterocycles. The van der Waals surface area contributed by atoms with Crippen LogP contribution in [0.5, 0.6) is 5.75 Å². The maximum Gasteiger partial charge on any atom is 0.157 e. The summed E-state index contributed by atoms with van der Waals surface area (Å²) in [4.78, 5) is 0. The molecular weight excluding hydrogens is 138 g/mol. The zero-order valence-electron chi connectivity index (χ0n) is 6.29. The number of methoxy groups -OCH3 is 1. The summed E-state index contributed by atoms with van der Waals surface area (Å²) in [5.74, 6) is 3.06. The molecule has 0 radical (unpaired) electrons. The van der Waals surface area contributed by atoms with E-state index in [4.69, 9.17) is 16.9 Å². The van der Waals surface area contributed by atoms with E-state index < -0.39 is 0 Å². The molecule has 0 aromatic heterocycles. The van der Waals surface area contributed by atoms with Gasteiger partial charge in [-0.1, -0.05) is 12.0 Å². The van der Waals surface area contributed by atoms with Crippen molar-refractivity contribution in [3.8, 4) is 18.1 Å². The Morgan fingerprint density at radius 1 is 1.55 bits per heavy atom. The van der Waals surface area contributed by atoms with E-state index in [1.807, 2.05) is 0 Å². The molecule has 0 unspecified atom stereocenters. The van der Waals surface area contributed by atoms with Crippen molar-refractivity contribution in [2.45, 2.75) is 0 Å². The third kappa shape index (κ3) is 1.27. The second-order valence-corrected chi connectivity index (χ2v) is 2.07. The van der Waals surface area contributed by atoms with Gasteiger partial charge in [0, 0.05) is 0 Å². The van der Waals surface area contributed by atoms with E-state index in [9.17, 15) is 0 Å². The molecule has 0 heterocycles. The van der Waals surface area contributed by atoms with Crippen molar-refractivity contribution in [2.75, 3.05) is 12.8 Å². The molecule has 0 aliphatic carbocycles. The second-order valence-electron chi connectivity index (χ2n) is 2.07. The zero-order valence-corrected chi connectivity index (χ0v) is 6.29. The molecule has 2 heteroatoms. The molecule has 11 heavy (non-hydrogen) atoms. The van der Waals surface area contributed by atoms with Gasteiger partial charge in [0.25, 0.3) is 0 Å². The number of nitrogen functional groups attached to an aromatic ring is 1. The van der Waals surface area contributed by atoms with Crippen molar-refractivity contribution in [3.63, 3.8) is 0 Å². The fraction of sp³-hybridized carbons (Fsp3) is 0.111. The summed E-state index contributed by atoms with van der Waals surface area (Å²) < 4.78 is 5.00. The SMILES string of the molecule is C#Cc1cccc(N)c1OC. The molecule has 1 rings (SSSR count). The van der Waals surface area contributed by atoms with Gasteiger partial charge in [-0.2, -0.15) is 0 Å². The number of rotatable bonds is 1. The molecule has 1 aromatic rings. The Kier molecular flexibility index (Phi) is 2.03. The number of para-hydroxylation sites is 1. The molecule has 0 atom stereocenters. The molecule has 2 N–H and O–H groups in total. The van der Waals surface area contributed by atoms with Gasteiger partial charge in [-0.25, -0.2) is 0 Å². The van der Waals surface area contributed by atoms with E-state index >= 15 is 0 Å². The number of terminal acetylenes is 1. The topological polar surface area (TPSA) is 35.2 Å². The van der Waals surface area contributed by atoms with Crippen LogP contribution >= 0.6 is 0 Å². The molecule has 2 nitrogen and oxygen atoms in total. The van der Waals surface area contributed by atoms with Gasteiger partial charge in [0.05, 0.1) is 18.4 Å². The van der Waals surface area contributed by atoms with E-state index in [1.165, 1.54) is 0 Å². The van der Waals surface area contributed by atoms with Gasteiger partial charge >= 0.3 is 0 Å². The van der Waals surface area contributed by atoms with Crippen LogP contribution in [0.3, 0.4) is 0 Å². The van der Waals surface area contributed by atoms with E-state index in [0.717, 1.165) is 0 Å². The third-order valence-electron chi connectivity index (χ3n) is 1.41. The molecule has 0 bridgehead atoms. The van der Waals surface area contributed by atoms with Crippen LogP contribution in [0.25, 0.3) is 0 Å². The maximum absolute atomic E-state index is 5.59. The highest BCUT2D eigenvalue weighted by Crippen LogP contribution is 2.24. The van der Waals surface area contributed by atoms with Crippen molar-refractivity contribution in [1.29, 1.82) is 0 Å².